The Morgan fingerprint density at radius 1 is 1.08 bits per heavy atom. The standard InChI is InChI=1S/C41H43FN6O3/c1-6-26-18-28(27-12-14-43-15-13-27)10-11-35(26)46-36-20-30(23-47-17-16-44-39(36)47)32-8-7-9-37(33(32)24-51-25(2)49)48-40(50)38-29(22-45-48)19-31(21-34(38)42)41(3,4)5/h7-11,16-23,27,43,46H,6,12-15,24H2,1-5H3. The molecule has 0 saturated carbocycles. The zero-order valence-corrected chi connectivity index (χ0v) is 29.7. The van der Waals surface area contributed by atoms with Crippen LogP contribution < -0.4 is 16.2 Å². The van der Waals surface area contributed by atoms with Crippen molar-refractivity contribution in [3.63, 3.8) is 0 Å². The minimum Gasteiger partial charge on any atom is -0.461 e. The second-order valence-electron chi connectivity index (χ2n) is 14.3. The highest BCUT2D eigenvalue weighted by Crippen LogP contribution is 2.35. The Labute approximate surface area is 296 Å². The number of benzene rings is 3. The molecule has 1 aliphatic rings. The third kappa shape index (κ3) is 6.76. The third-order valence-electron chi connectivity index (χ3n) is 9.89. The Balaban J connectivity index is 1.34. The summed E-state index contributed by atoms with van der Waals surface area (Å²) < 4.78 is 24.3. The van der Waals surface area contributed by atoms with Crippen LogP contribution in [0.2, 0.25) is 0 Å². The molecule has 0 atom stereocenters. The van der Waals surface area contributed by atoms with E-state index in [4.69, 9.17) is 4.74 Å². The van der Waals surface area contributed by atoms with Crippen LogP contribution in [-0.2, 0) is 28.0 Å². The molecule has 6 aromatic rings. The molecular weight excluding hydrogens is 643 g/mol. The number of carbonyl (C=O) groups excluding carboxylic acids is 1. The first-order valence-electron chi connectivity index (χ1n) is 17.6. The molecule has 0 radical (unpaired) electrons. The van der Waals surface area contributed by atoms with E-state index >= 15 is 4.39 Å². The summed E-state index contributed by atoms with van der Waals surface area (Å²) in [4.78, 5) is 30.7. The van der Waals surface area contributed by atoms with Crippen LogP contribution in [0.15, 0.2) is 84.2 Å². The fourth-order valence-corrected chi connectivity index (χ4v) is 7.06. The van der Waals surface area contributed by atoms with Crippen molar-refractivity contribution < 1.29 is 13.9 Å². The summed E-state index contributed by atoms with van der Waals surface area (Å²) in [5, 5.41) is 12.0. The van der Waals surface area contributed by atoms with Gasteiger partial charge in [-0.15, -0.1) is 0 Å². The molecule has 262 valence electrons. The van der Waals surface area contributed by atoms with E-state index in [1.807, 2.05) is 61.8 Å². The third-order valence-corrected chi connectivity index (χ3v) is 9.89. The zero-order valence-electron chi connectivity index (χ0n) is 29.7. The minimum absolute atomic E-state index is 0.0499. The summed E-state index contributed by atoms with van der Waals surface area (Å²) in [6.45, 7) is 11.4. The van der Waals surface area contributed by atoms with Gasteiger partial charge in [-0.1, -0.05) is 52.0 Å². The van der Waals surface area contributed by atoms with Gasteiger partial charge in [0.1, 0.15) is 12.4 Å². The Morgan fingerprint density at radius 3 is 2.63 bits per heavy atom. The van der Waals surface area contributed by atoms with Gasteiger partial charge in [0, 0.05) is 47.7 Å². The number of piperidine rings is 1. The number of halogens is 1. The number of hydrogen-bond donors (Lipinski definition) is 2. The van der Waals surface area contributed by atoms with E-state index in [1.54, 1.807) is 12.3 Å². The molecule has 3 aromatic carbocycles. The van der Waals surface area contributed by atoms with Crippen molar-refractivity contribution in [1.29, 1.82) is 0 Å². The van der Waals surface area contributed by atoms with Crippen molar-refractivity contribution in [2.75, 3.05) is 18.4 Å². The minimum atomic E-state index is -0.604. The van der Waals surface area contributed by atoms with Crippen LogP contribution in [0.1, 0.15) is 75.6 Å². The van der Waals surface area contributed by atoms with Gasteiger partial charge in [0.25, 0.3) is 5.56 Å². The number of carbonyl (C=O) groups is 1. The Kier molecular flexibility index (Phi) is 9.20. The van der Waals surface area contributed by atoms with Crippen LogP contribution in [0.25, 0.3) is 33.2 Å². The van der Waals surface area contributed by atoms with E-state index in [0.29, 0.717) is 22.6 Å². The van der Waals surface area contributed by atoms with Gasteiger partial charge < -0.3 is 19.8 Å². The van der Waals surface area contributed by atoms with E-state index in [1.165, 1.54) is 35.0 Å². The zero-order chi connectivity index (χ0) is 35.9. The highest BCUT2D eigenvalue weighted by molar-refractivity contribution is 5.84. The van der Waals surface area contributed by atoms with E-state index in [0.717, 1.165) is 66.1 Å². The predicted molar refractivity (Wildman–Crippen MR) is 200 cm³/mol. The highest BCUT2D eigenvalue weighted by atomic mass is 19.1. The lowest BCUT2D eigenvalue weighted by atomic mass is 9.86. The van der Waals surface area contributed by atoms with Crippen molar-refractivity contribution in [2.45, 2.75) is 71.8 Å². The van der Waals surface area contributed by atoms with Crippen LogP contribution in [0.5, 0.6) is 0 Å². The van der Waals surface area contributed by atoms with Crippen LogP contribution in [0.3, 0.4) is 0 Å². The topological polar surface area (TPSA) is 103 Å². The molecule has 3 aromatic heterocycles. The van der Waals surface area contributed by atoms with Crippen LogP contribution in [0.4, 0.5) is 15.8 Å². The van der Waals surface area contributed by atoms with Gasteiger partial charge in [-0.25, -0.2) is 9.37 Å². The normalized spacial score (nSPS) is 13.9. The molecule has 0 spiro atoms. The summed E-state index contributed by atoms with van der Waals surface area (Å²) in [6, 6.07) is 17.4. The first-order chi connectivity index (χ1) is 24.5. The van der Waals surface area contributed by atoms with Gasteiger partial charge in [0.2, 0.25) is 0 Å². The number of nitrogens with zero attached hydrogens (tertiary/aromatic N) is 4. The second-order valence-corrected chi connectivity index (χ2v) is 14.3. The Morgan fingerprint density at radius 2 is 1.88 bits per heavy atom. The summed E-state index contributed by atoms with van der Waals surface area (Å²) in [5.74, 6) is -0.520. The van der Waals surface area contributed by atoms with E-state index in [-0.39, 0.29) is 17.4 Å². The second kappa shape index (κ2) is 13.8. The van der Waals surface area contributed by atoms with Gasteiger partial charge >= 0.3 is 5.97 Å². The van der Waals surface area contributed by atoms with Gasteiger partial charge in [0.05, 0.1) is 23.0 Å². The first-order valence-corrected chi connectivity index (χ1v) is 17.6. The quantitative estimate of drug-likeness (QED) is 0.157. The molecule has 4 heterocycles. The Hall–Kier alpha value is -5.35. The molecule has 1 saturated heterocycles. The number of imidazole rings is 1. The summed E-state index contributed by atoms with van der Waals surface area (Å²) in [6.07, 6.45) is 10.2. The number of aryl methyl sites for hydroxylation is 1. The maximum Gasteiger partial charge on any atom is 0.302 e. The molecule has 9 nitrogen and oxygen atoms in total. The monoisotopic (exact) mass is 686 g/mol. The fraction of sp³-hybridized carbons (Fsp3) is 0.317. The molecule has 1 aliphatic heterocycles. The van der Waals surface area contributed by atoms with Crippen LogP contribution in [0, 0.1) is 5.82 Å². The van der Waals surface area contributed by atoms with Gasteiger partial charge in [-0.3, -0.25) is 9.59 Å². The van der Waals surface area contributed by atoms with E-state index < -0.39 is 17.3 Å². The first kappa shape index (κ1) is 34.1. The van der Waals surface area contributed by atoms with Gasteiger partial charge in [-0.05, 0) is 96.3 Å². The number of pyridine rings is 1. The summed E-state index contributed by atoms with van der Waals surface area (Å²) in [5.41, 5.74) is 7.48. The molecule has 10 heteroatoms. The van der Waals surface area contributed by atoms with Crippen molar-refractivity contribution in [2.24, 2.45) is 0 Å². The number of esters is 1. The van der Waals surface area contributed by atoms with Gasteiger partial charge in [0.15, 0.2) is 5.65 Å². The molecule has 1 fully saturated rings. The average Bonchev–Trinajstić information content (AvgIpc) is 3.60. The van der Waals surface area contributed by atoms with Crippen molar-refractivity contribution >= 4 is 33.8 Å². The van der Waals surface area contributed by atoms with Crippen LogP contribution >= 0.6 is 0 Å². The predicted octanol–water partition coefficient (Wildman–Crippen LogP) is 7.97. The number of rotatable bonds is 8. The molecule has 7 rings (SSSR count). The lowest BCUT2D eigenvalue weighted by molar-refractivity contribution is -0.142. The number of nitrogens with one attached hydrogen (secondary N) is 2. The smallest absolute Gasteiger partial charge is 0.302 e. The maximum absolute atomic E-state index is 15.6. The number of hydrogen-bond acceptors (Lipinski definition) is 7. The molecule has 2 N–H and O–H groups in total. The molecule has 51 heavy (non-hydrogen) atoms. The highest BCUT2D eigenvalue weighted by Gasteiger charge is 2.22. The number of ether oxygens (including phenoxy) is 1. The van der Waals surface area contributed by atoms with Crippen molar-refractivity contribution in [1.82, 2.24) is 24.5 Å². The summed E-state index contributed by atoms with van der Waals surface area (Å²) in [7, 11) is 0. The largest absolute Gasteiger partial charge is 0.461 e. The summed E-state index contributed by atoms with van der Waals surface area (Å²) >= 11 is 0. The molecule has 0 unspecified atom stereocenters. The number of aromatic nitrogens is 4. The lowest BCUT2D eigenvalue weighted by Crippen LogP contribution is -2.26. The maximum atomic E-state index is 15.6. The van der Waals surface area contributed by atoms with Gasteiger partial charge in [-0.2, -0.15) is 9.78 Å². The fourth-order valence-electron chi connectivity index (χ4n) is 7.06. The molecule has 0 amide bonds. The van der Waals surface area contributed by atoms with E-state index in [2.05, 4.69) is 45.8 Å². The van der Waals surface area contributed by atoms with Crippen molar-refractivity contribution in [3.05, 3.63) is 118 Å². The van der Waals surface area contributed by atoms with Crippen LogP contribution in [-0.4, -0.2) is 38.2 Å². The Bertz CT molecular complexity index is 2330. The average molecular weight is 687 g/mol. The number of anilines is 2. The molecule has 0 bridgehead atoms. The number of fused-ring (bicyclic) bond motifs is 2. The molecule has 0 aliphatic carbocycles. The lowest BCUT2D eigenvalue weighted by Gasteiger charge is -2.24. The SMILES string of the molecule is CCc1cc(C2CCNCC2)ccc1Nc1cc(-c2cccc(-n3ncc4cc(C(C)(C)C)cc(F)c4c3=O)c2COC(C)=O)cn2ccnc12. The molecular formula is C41H43FN6O3. The van der Waals surface area contributed by atoms with E-state index in [9.17, 15) is 9.59 Å². The van der Waals surface area contributed by atoms with Crippen molar-refractivity contribution in [3.8, 4) is 16.8 Å².